The van der Waals surface area contributed by atoms with Gasteiger partial charge in [-0.1, -0.05) is 56.9 Å². The summed E-state index contributed by atoms with van der Waals surface area (Å²) in [6.07, 6.45) is 13.7. The average molecular weight is 300 g/mol. The van der Waals surface area contributed by atoms with E-state index in [1.807, 2.05) is 12.1 Å². The first kappa shape index (κ1) is 16.8. The molecule has 0 amide bonds. The molecule has 0 unspecified atom stereocenters. The summed E-state index contributed by atoms with van der Waals surface area (Å²) in [7, 11) is 0. The van der Waals surface area contributed by atoms with Crippen LogP contribution >= 0.6 is 0 Å². The number of benzene rings is 1. The van der Waals surface area contributed by atoms with Gasteiger partial charge in [0.2, 0.25) is 0 Å². The quantitative estimate of drug-likeness (QED) is 0.522. The van der Waals surface area contributed by atoms with Gasteiger partial charge in [0.25, 0.3) is 0 Å². The summed E-state index contributed by atoms with van der Waals surface area (Å²) in [4.78, 5) is 10.5. The third kappa shape index (κ3) is 5.32. The van der Waals surface area contributed by atoms with Crippen molar-refractivity contribution in [3.63, 3.8) is 0 Å². The van der Waals surface area contributed by atoms with Crippen LogP contribution in [0.1, 0.15) is 75.3 Å². The molecule has 1 aromatic carbocycles. The third-order valence-electron chi connectivity index (χ3n) is 4.89. The largest absolute Gasteiger partial charge is 0.478 e. The lowest BCUT2D eigenvalue weighted by molar-refractivity contribution is -0.131. The number of hydrogen-bond donors (Lipinski definition) is 1. The van der Waals surface area contributed by atoms with Crippen molar-refractivity contribution in [1.29, 1.82) is 0 Å². The van der Waals surface area contributed by atoms with Crippen LogP contribution in [0.5, 0.6) is 0 Å². The van der Waals surface area contributed by atoms with Crippen molar-refractivity contribution >= 4 is 12.0 Å². The molecular formula is C20H28O2. The van der Waals surface area contributed by atoms with E-state index in [0.717, 1.165) is 11.5 Å². The Balaban J connectivity index is 1.82. The predicted octanol–water partition coefficient (Wildman–Crippen LogP) is 5.64. The lowest BCUT2D eigenvalue weighted by Crippen LogP contribution is -2.13. The normalized spacial score (nSPS) is 22.0. The molecule has 0 radical (unpaired) electrons. The number of hydrogen-bond acceptors (Lipinski definition) is 1. The summed E-state index contributed by atoms with van der Waals surface area (Å²) in [6, 6.07) is 8.40. The molecule has 0 aromatic heterocycles. The molecule has 0 heterocycles. The van der Waals surface area contributed by atoms with Crippen molar-refractivity contribution in [2.75, 3.05) is 0 Å². The Hall–Kier alpha value is -1.57. The van der Waals surface area contributed by atoms with Crippen LogP contribution in [0.15, 0.2) is 30.3 Å². The van der Waals surface area contributed by atoms with Gasteiger partial charge < -0.3 is 5.11 Å². The summed E-state index contributed by atoms with van der Waals surface area (Å²) in [5.74, 6) is 0.742. The molecule has 1 aromatic rings. The highest BCUT2D eigenvalue weighted by molar-refractivity contribution is 5.85. The Bertz CT molecular complexity index is 479. The number of carboxylic acid groups (broad SMARTS) is 1. The standard InChI is InChI=1S/C20H28O2/c1-2-3-4-5-16-6-11-18(12-7-16)19-13-8-17(9-14-19)10-15-20(21)22/h8-10,13-16,18H,2-7,11-12H2,1H3,(H,21,22). The minimum Gasteiger partial charge on any atom is -0.478 e. The average Bonchev–Trinajstić information content (AvgIpc) is 2.54. The monoisotopic (exact) mass is 300 g/mol. The van der Waals surface area contributed by atoms with Gasteiger partial charge in [0.05, 0.1) is 0 Å². The lowest BCUT2D eigenvalue weighted by atomic mass is 9.77. The van der Waals surface area contributed by atoms with E-state index in [-0.39, 0.29) is 0 Å². The highest BCUT2D eigenvalue weighted by Gasteiger charge is 2.21. The smallest absolute Gasteiger partial charge is 0.328 e. The zero-order valence-corrected chi connectivity index (χ0v) is 13.6. The van der Waals surface area contributed by atoms with Crippen LogP contribution in [0.4, 0.5) is 0 Å². The van der Waals surface area contributed by atoms with E-state index < -0.39 is 5.97 Å². The minimum atomic E-state index is -0.898. The molecule has 0 spiro atoms. The number of rotatable bonds is 7. The zero-order valence-electron chi connectivity index (χ0n) is 13.6. The van der Waals surface area contributed by atoms with Crippen LogP contribution in [0, 0.1) is 5.92 Å². The topological polar surface area (TPSA) is 37.3 Å². The van der Waals surface area contributed by atoms with E-state index in [2.05, 4.69) is 19.1 Å². The lowest BCUT2D eigenvalue weighted by Gasteiger charge is -2.29. The second-order valence-electron chi connectivity index (χ2n) is 6.55. The maximum atomic E-state index is 10.5. The van der Waals surface area contributed by atoms with Crippen LogP contribution in [0.2, 0.25) is 0 Å². The van der Waals surface area contributed by atoms with Crippen LogP contribution in [0.25, 0.3) is 6.08 Å². The van der Waals surface area contributed by atoms with Crippen molar-refractivity contribution in [2.24, 2.45) is 5.92 Å². The summed E-state index contributed by atoms with van der Waals surface area (Å²) >= 11 is 0. The molecule has 1 saturated carbocycles. The number of carboxylic acids is 1. The summed E-state index contributed by atoms with van der Waals surface area (Å²) in [5.41, 5.74) is 2.37. The molecule has 0 atom stereocenters. The van der Waals surface area contributed by atoms with Gasteiger partial charge in [-0.05, 0) is 54.7 Å². The van der Waals surface area contributed by atoms with Crippen molar-refractivity contribution in [1.82, 2.24) is 0 Å². The van der Waals surface area contributed by atoms with Crippen molar-refractivity contribution in [3.05, 3.63) is 41.5 Å². The molecule has 0 aliphatic heterocycles. The molecule has 2 heteroatoms. The maximum Gasteiger partial charge on any atom is 0.328 e. The van der Waals surface area contributed by atoms with Gasteiger partial charge in [-0.15, -0.1) is 0 Å². The molecular weight excluding hydrogens is 272 g/mol. The number of carbonyl (C=O) groups is 1. The molecule has 120 valence electrons. The summed E-state index contributed by atoms with van der Waals surface area (Å²) in [6.45, 7) is 2.27. The van der Waals surface area contributed by atoms with E-state index in [1.165, 1.54) is 63.0 Å². The maximum absolute atomic E-state index is 10.5. The second kappa shape index (κ2) is 8.77. The first-order valence-electron chi connectivity index (χ1n) is 8.70. The molecule has 1 fully saturated rings. The molecule has 0 saturated heterocycles. The highest BCUT2D eigenvalue weighted by atomic mass is 16.4. The Kier molecular flexibility index (Phi) is 6.70. The fraction of sp³-hybridized carbons (Fsp3) is 0.550. The Morgan fingerprint density at radius 2 is 1.82 bits per heavy atom. The predicted molar refractivity (Wildman–Crippen MR) is 92.0 cm³/mol. The minimum absolute atomic E-state index is 0.694. The van der Waals surface area contributed by atoms with Gasteiger partial charge in [-0.2, -0.15) is 0 Å². The van der Waals surface area contributed by atoms with E-state index in [4.69, 9.17) is 5.11 Å². The van der Waals surface area contributed by atoms with E-state index >= 15 is 0 Å². The first-order valence-corrected chi connectivity index (χ1v) is 8.70. The first-order chi connectivity index (χ1) is 10.7. The summed E-state index contributed by atoms with van der Waals surface area (Å²) < 4.78 is 0. The van der Waals surface area contributed by atoms with Crippen LogP contribution in [-0.4, -0.2) is 11.1 Å². The molecule has 0 bridgehead atoms. The second-order valence-corrected chi connectivity index (χ2v) is 6.55. The SMILES string of the molecule is CCCCCC1CCC(c2ccc(C=CC(=O)O)cc2)CC1. The molecule has 22 heavy (non-hydrogen) atoms. The Labute approximate surface area is 134 Å². The van der Waals surface area contributed by atoms with Crippen molar-refractivity contribution < 1.29 is 9.90 Å². The van der Waals surface area contributed by atoms with Gasteiger partial charge >= 0.3 is 5.97 Å². The molecule has 2 rings (SSSR count). The Morgan fingerprint density at radius 1 is 1.14 bits per heavy atom. The number of aliphatic carboxylic acids is 1. The van der Waals surface area contributed by atoms with Gasteiger partial charge in [0.1, 0.15) is 0 Å². The van der Waals surface area contributed by atoms with Gasteiger partial charge in [0.15, 0.2) is 0 Å². The van der Waals surface area contributed by atoms with E-state index in [0.29, 0.717) is 5.92 Å². The van der Waals surface area contributed by atoms with Gasteiger partial charge in [-0.25, -0.2) is 4.79 Å². The van der Waals surface area contributed by atoms with Crippen molar-refractivity contribution in [2.45, 2.75) is 64.2 Å². The third-order valence-corrected chi connectivity index (χ3v) is 4.89. The summed E-state index contributed by atoms with van der Waals surface area (Å²) in [5, 5.41) is 8.65. The van der Waals surface area contributed by atoms with E-state index in [1.54, 1.807) is 6.08 Å². The van der Waals surface area contributed by atoms with Crippen LogP contribution in [0.3, 0.4) is 0 Å². The van der Waals surface area contributed by atoms with Crippen LogP contribution < -0.4 is 0 Å². The van der Waals surface area contributed by atoms with Crippen LogP contribution in [-0.2, 0) is 4.79 Å². The molecule has 1 aliphatic carbocycles. The molecule has 1 N–H and O–H groups in total. The van der Waals surface area contributed by atoms with E-state index in [9.17, 15) is 4.79 Å². The zero-order chi connectivity index (χ0) is 15.8. The molecule has 2 nitrogen and oxygen atoms in total. The number of unbranched alkanes of at least 4 members (excludes halogenated alkanes) is 2. The highest BCUT2D eigenvalue weighted by Crippen LogP contribution is 2.37. The fourth-order valence-electron chi connectivity index (χ4n) is 3.51. The Morgan fingerprint density at radius 3 is 2.41 bits per heavy atom. The molecule has 1 aliphatic rings. The van der Waals surface area contributed by atoms with Gasteiger partial charge in [-0.3, -0.25) is 0 Å². The van der Waals surface area contributed by atoms with Crippen molar-refractivity contribution in [3.8, 4) is 0 Å². The fourth-order valence-corrected chi connectivity index (χ4v) is 3.51. The van der Waals surface area contributed by atoms with Gasteiger partial charge in [0, 0.05) is 6.08 Å².